The summed E-state index contributed by atoms with van der Waals surface area (Å²) in [6.45, 7) is 1.25. The lowest BCUT2D eigenvalue weighted by Crippen LogP contribution is -2.36. The molecule has 3 nitrogen and oxygen atoms in total. The number of carbonyl (C=O) groups is 1. The Bertz CT molecular complexity index is 724. The molecule has 1 aromatic carbocycles. The number of carbonyl (C=O) groups excluding carboxylic acids is 1. The first-order chi connectivity index (χ1) is 10.3. The van der Waals surface area contributed by atoms with E-state index in [0.29, 0.717) is 6.54 Å². The van der Waals surface area contributed by atoms with Gasteiger partial charge in [0.15, 0.2) is 0 Å². The van der Waals surface area contributed by atoms with Crippen molar-refractivity contribution in [3.63, 3.8) is 0 Å². The number of hydrogen-bond donors (Lipinski definition) is 1. The van der Waals surface area contributed by atoms with Crippen LogP contribution in [0, 0.1) is 11.8 Å². The second-order valence-electron chi connectivity index (χ2n) is 4.86. The largest absolute Gasteiger partial charge is 0.384 e. The summed E-state index contributed by atoms with van der Waals surface area (Å²) >= 11 is 1.57. The van der Waals surface area contributed by atoms with E-state index in [-0.39, 0.29) is 12.5 Å². The highest BCUT2D eigenvalue weighted by molar-refractivity contribution is 7.12. The summed E-state index contributed by atoms with van der Waals surface area (Å²) < 4.78 is 0. The van der Waals surface area contributed by atoms with Crippen LogP contribution in [0.15, 0.2) is 36.4 Å². The maximum atomic E-state index is 12.5. The smallest absolute Gasteiger partial charge is 0.254 e. The van der Waals surface area contributed by atoms with Crippen LogP contribution in [0.2, 0.25) is 0 Å². The Kier molecular flexibility index (Phi) is 4.05. The number of hydrogen-bond acceptors (Lipinski definition) is 3. The molecule has 0 bridgehead atoms. The summed E-state index contributed by atoms with van der Waals surface area (Å²) in [4.78, 5) is 16.4. The number of thiophene rings is 1. The number of amides is 1. The van der Waals surface area contributed by atoms with Gasteiger partial charge in [0.25, 0.3) is 5.91 Å². The van der Waals surface area contributed by atoms with Crippen molar-refractivity contribution in [3.05, 3.63) is 57.3 Å². The lowest BCUT2D eigenvalue weighted by atomic mass is 9.99. The zero-order chi connectivity index (χ0) is 14.7. The Morgan fingerprint density at radius 3 is 2.95 bits per heavy atom. The van der Waals surface area contributed by atoms with Gasteiger partial charge in [-0.25, -0.2) is 0 Å². The molecule has 0 saturated carbocycles. The lowest BCUT2D eigenvalue weighted by Gasteiger charge is -2.28. The van der Waals surface area contributed by atoms with E-state index in [4.69, 9.17) is 5.11 Å². The van der Waals surface area contributed by atoms with Crippen LogP contribution in [0.3, 0.4) is 0 Å². The van der Waals surface area contributed by atoms with Crippen LogP contribution in [0.5, 0.6) is 0 Å². The molecule has 1 N–H and O–H groups in total. The summed E-state index contributed by atoms with van der Waals surface area (Å²) in [6, 6.07) is 11.8. The van der Waals surface area contributed by atoms with Crippen molar-refractivity contribution in [2.24, 2.45) is 0 Å². The molecule has 0 atom stereocenters. The van der Waals surface area contributed by atoms with Gasteiger partial charge in [-0.3, -0.25) is 4.79 Å². The van der Waals surface area contributed by atoms with Gasteiger partial charge in [-0.2, -0.15) is 0 Å². The van der Waals surface area contributed by atoms with Gasteiger partial charge in [0, 0.05) is 17.0 Å². The van der Waals surface area contributed by atoms with E-state index in [1.54, 1.807) is 11.3 Å². The first kappa shape index (κ1) is 13.9. The van der Waals surface area contributed by atoms with Crippen LogP contribution in [-0.4, -0.2) is 29.1 Å². The van der Waals surface area contributed by atoms with Crippen LogP contribution in [0.25, 0.3) is 0 Å². The fourth-order valence-corrected chi connectivity index (χ4v) is 3.37. The van der Waals surface area contributed by atoms with Crippen molar-refractivity contribution < 1.29 is 9.90 Å². The van der Waals surface area contributed by atoms with Crippen molar-refractivity contribution in [1.29, 1.82) is 0 Å². The average molecular weight is 297 g/mol. The van der Waals surface area contributed by atoms with Crippen LogP contribution in [0.4, 0.5) is 0 Å². The molecule has 21 heavy (non-hydrogen) atoms. The Morgan fingerprint density at radius 2 is 2.10 bits per heavy atom. The first-order valence-electron chi connectivity index (χ1n) is 6.83. The minimum Gasteiger partial charge on any atom is -0.384 e. The minimum absolute atomic E-state index is 0.105. The molecule has 2 heterocycles. The van der Waals surface area contributed by atoms with Gasteiger partial charge in [-0.1, -0.05) is 30.0 Å². The summed E-state index contributed by atoms with van der Waals surface area (Å²) in [6.07, 6.45) is 0.907. The quantitative estimate of drug-likeness (QED) is 0.864. The second kappa shape index (κ2) is 6.13. The van der Waals surface area contributed by atoms with E-state index in [1.807, 2.05) is 41.3 Å². The predicted molar refractivity (Wildman–Crippen MR) is 83.2 cm³/mol. The summed E-state index contributed by atoms with van der Waals surface area (Å²) in [5, 5.41) is 8.70. The molecule has 0 unspecified atom stereocenters. The van der Waals surface area contributed by atoms with Crippen molar-refractivity contribution >= 4 is 17.2 Å². The third kappa shape index (κ3) is 2.99. The second-order valence-corrected chi connectivity index (χ2v) is 6.03. The molecule has 3 rings (SSSR count). The molecule has 1 aliphatic rings. The van der Waals surface area contributed by atoms with Crippen molar-refractivity contribution in [2.45, 2.75) is 13.0 Å². The first-order valence-corrected chi connectivity index (χ1v) is 7.65. The topological polar surface area (TPSA) is 40.5 Å². The van der Waals surface area contributed by atoms with Gasteiger partial charge in [-0.05, 0) is 30.2 Å². The Labute approximate surface area is 127 Å². The number of benzene rings is 1. The molecule has 1 amide bonds. The Morgan fingerprint density at radius 1 is 1.24 bits per heavy atom. The van der Waals surface area contributed by atoms with E-state index in [0.717, 1.165) is 33.8 Å². The number of fused-ring (bicyclic) bond motifs is 1. The molecule has 106 valence electrons. The molecular formula is C17H15NO2S. The van der Waals surface area contributed by atoms with Gasteiger partial charge in [0.05, 0.1) is 11.4 Å². The SMILES string of the molecule is O=C1c2ccccc2CCN1Cc1ccc(C#CCO)s1. The highest BCUT2D eigenvalue weighted by Gasteiger charge is 2.23. The number of nitrogens with zero attached hydrogens (tertiary/aromatic N) is 1. The molecule has 0 radical (unpaired) electrons. The van der Waals surface area contributed by atoms with Gasteiger partial charge in [-0.15, -0.1) is 11.3 Å². The van der Waals surface area contributed by atoms with Crippen LogP contribution in [0.1, 0.15) is 25.7 Å². The summed E-state index contributed by atoms with van der Waals surface area (Å²) in [5.41, 5.74) is 1.96. The predicted octanol–water partition coefficient (Wildman–Crippen LogP) is 2.29. The molecule has 0 fully saturated rings. The third-order valence-corrected chi connectivity index (χ3v) is 4.47. The van der Waals surface area contributed by atoms with Crippen molar-refractivity contribution in [2.75, 3.05) is 13.2 Å². The number of aliphatic hydroxyl groups excluding tert-OH is 1. The zero-order valence-corrected chi connectivity index (χ0v) is 12.3. The highest BCUT2D eigenvalue weighted by atomic mass is 32.1. The number of aliphatic hydroxyl groups is 1. The Balaban J connectivity index is 1.74. The van der Waals surface area contributed by atoms with E-state index in [1.165, 1.54) is 0 Å². The standard InChI is InChI=1S/C17H15NO2S/c19-11-3-5-14-7-8-15(21-14)12-18-10-9-13-4-1-2-6-16(13)17(18)20/h1-2,4,6-8,19H,9-12H2. The van der Waals surface area contributed by atoms with E-state index in [2.05, 4.69) is 11.8 Å². The minimum atomic E-state index is -0.130. The fourth-order valence-electron chi connectivity index (χ4n) is 2.47. The summed E-state index contributed by atoms with van der Waals surface area (Å²) in [5.74, 6) is 5.64. The van der Waals surface area contributed by atoms with Gasteiger partial charge in [0.1, 0.15) is 6.61 Å². The van der Waals surface area contributed by atoms with Gasteiger partial charge < -0.3 is 10.0 Å². The molecule has 4 heteroatoms. The van der Waals surface area contributed by atoms with E-state index in [9.17, 15) is 4.79 Å². The number of rotatable bonds is 2. The van der Waals surface area contributed by atoms with Crippen molar-refractivity contribution in [3.8, 4) is 11.8 Å². The monoisotopic (exact) mass is 297 g/mol. The zero-order valence-electron chi connectivity index (χ0n) is 11.5. The van der Waals surface area contributed by atoms with Crippen LogP contribution < -0.4 is 0 Å². The fraction of sp³-hybridized carbons (Fsp3) is 0.235. The third-order valence-electron chi connectivity index (χ3n) is 3.49. The van der Waals surface area contributed by atoms with Crippen molar-refractivity contribution in [1.82, 2.24) is 4.90 Å². The maximum Gasteiger partial charge on any atom is 0.254 e. The highest BCUT2D eigenvalue weighted by Crippen LogP contribution is 2.23. The molecular weight excluding hydrogens is 282 g/mol. The van der Waals surface area contributed by atoms with E-state index < -0.39 is 0 Å². The lowest BCUT2D eigenvalue weighted by molar-refractivity contribution is 0.0729. The molecule has 2 aromatic rings. The molecule has 0 saturated heterocycles. The normalized spacial score (nSPS) is 13.6. The summed E-state index contributed by atoms with van der Waals surface area (Å²) in [7, 11) is 0. The van der Waals surface area contributed by atoms with Crippen LogP contribution in [-0.2, 0) is 13.0 Å². The Hall–Kier alpha value is -2.09. The van der Waals surface area contributed by atoms with E-state index >= 15 is 0 Å². The molecule has 0 aliphatic carbocycles. The van der Waals surface area contributed by atoms with Crippen LogP contribution >= 0.6 is 11.3 Å². The van der Waals surface area contributed by atoms with Gasteiger partial charge in [0.2, 0.25) is 0 Å². The molecule has 1 aliphatic heterocycles. The van der Waals surface area contributed by atoms with Gasteiger partial charge >= 0.3 is 0 Å². The maximum absolute atomic E-state index is 12.5. The molecule has 0 spiro atoms. The average Bonchev–Trinajstić information content (AvgIpc) is 2.96. The molecule has 1 aromatic heterocycles.